The molecular weight excluding hydrogens is 252 g/mol. The number of rotatable bonds is 8. The summed E-state index contributed by atoms with van der Waals surface area (Å²) >= 11 is 0. The van der Waals surface area contributed by atoms with Gasteiger partial charge in [-0.25, -0.2) is 4.98 Å². The predicted molar refractivity (Wildman–Crippen MR) is 79.8 cm³/mol. The van der Waals surface area contributed by atoms with E-state index in [1.54, 1.807) is 12.4 Å². The highest BCUT2D eigenvalue weighted by atomic mass is 16.5. The molecule has 2 rings (SSSR count). The first kappa shape index (κ1) is 15.2. The van der Waals surface area contributed by atoms with E-state index in [1.165, 1.54) is 19.4 Å². The van der Waals surface area contributed by atoms with Gasteiger partial charge < -0.3 is 15.0 Å². The zero-order chi connectivity index (χ0) is 14.2. The summed E-state index contributed by atoms with van der Waals surface area (Å²) in [6, 6.07) is 0.667. The van der Waals surface area contributed by atoms with E-state index in [9.17, 15) is 0 Å². The second kappa shape index (κ2) is 8.17. The molecule has 112 valence electrons. The van der Waals surface area contributed by atoms with Gasteiger partial charge in [-0.3, -0.25) is 4.98 Å². The van der Waals surface area contributed by atoms with Gasteiger partial charge in [0.05, 0.1) is 24.7 Å². The summed E-state index contributed by atoms with van der Waals surface area (Å²) in [4.78, 5) is 11.1. The van der Waals surface area contributed by atoms with Crippen LogP contribution in [0.5, 0.6) is 5.88 Å². The van der Waals surface area contributed by atoms with Gasteiger partial charge in [0, 0.05) is 12.6 Å². The number of aromatic nitrogens is 2. The van der Waals surface area contributed by atoms with Crippen LogP contribution in [0.25, 0.3) is 0 Å². The van der Waals surface area contributed by atoms with E-state index in [1.807, 2.05) is 0 Å². The van der Waals surface area contributed by atoms with E-state index in [0.717, 1.165) is 38.2 Å². The van der Waals surface area contributed by atoms with E-state index in [2.05, 4.69) is 34.2 Å². The van der Waals surface area contributed by atoms with Crippen molar-refractivity contribution in [2.24, 2.45) is 0 Å². The van der Waals surface area contributed by atoms with Crippen LogP contribution in [0.2, 0.25) is 0 Å². The Kier molecular flexibility index (Phi) is 6.21. The normalized spacial score (nSPS) is 19.4. The maximum atomic E-state index is 5.68. The molecule has 1 fully saturated rings. The zero-order valence-electron chi connectivity index (χ0n) is 12.6. The summed E-state index contributed by atoms with van der Waals surface area (Å²) in [5.41, 5.74) is 0.960. The molecule has 2 heterocycles. The van der Waals surface area contributed by atoms with Crippen molar-refractivity contribution in [1.29, 1.82) is 0 Å². The summed E-state index contributed by atoms with van der Waals surface area (Å²) in [7, 11) is 2.19. The van der Waals surface area contributed by atoms with Gasteiger partial charge in [-0.1, -0.05) is 6.92 Å². The molecular formula is C15H26N4O. The Morgan fingerprint density at radius 3 is 2.95 bits per heavy atom. The molecule has 0 aromatic carbocycles. The molecule has 1 aliphatic heterocycles. The van der Waals surface area contributed by atoms with Crippen LogP contribution in [0.4, 0.5) is 0 Å². The van der Waals surface area contributed by atoms with E-state index in [-0.39, 0.29) is 0 Å². The average molecular weight is 278 g/mol. The summed E-state index contributed by atoms with van der Waals surface area (Å²) in [6.07, 6.45) is 8.30. The fourth-order valence-corrected chi connectivity index (χ4v) is 2.55. The molecule has 20 heavy (non-hydrogen) atoms. The minimum atomic E-state index is 0.630. The van der Waals surface area contributed by atoms with Gasteiger partial charge in [-0.2, -0.15) is 0 Å². The monoisotopic (exact) mass is 278 g/mol. The number of hydrogen-bond acceptors (Lipinski definition) is 5. The number of nitrogens with zero attached hydrogens (tertiary/aromatic N) is 3. The number of hydrogen-bond donors (Lipinski definition) is 1. The van der Waals surface area contributed by atoms with Crippen molar-refractivity contribution in [2.75, 3.05) is 26.7 Å². The second-order valence-electron chi connectivity index (χ2n) is 5.44. The quantitative estimate of drug-likeness (QED) is 0.735. The van der Waals surface area contributed by atoms with Crippen LogP contribution < -0.4 is 10.1 Å². The first-order valence-electron chi connectivity index (χ1n) is 7.64. The molecule has 5 heteroatoms. The van der Waals surface area contributed by atoms with Crippen LogP contribution in [0, 0.1) is 0 Å². The maximum Gasteiger partial charge on any atom is 0.232 e. The Labute approximate surface area is 121 Å². The minimum Gasteiger partial charge on any atom is -0.477 e. The first-order chi connectivity index (χ1) is 9.79. The van der Waals surface area contributed by atoms with Crippen LogP contribution in [-0.2, 0) is 6.54 Å². The van der Waals surface area contributed by atoms with Crippen molar-refractivity contribution in [3.8, 4) is 5.88 Å². The molecule has 1 unspecified atom stereocenters. The van der Waals surface area contributed by atoms with E-state index >= 15 is 0 Å². The first-order valence-corrected chi connectivity index (χ1v) is 7.64. The van der Waals surface area contributed by atoms with Gasteiger partial charge in [-0.15, -0.1) is 0 Å². The predicted octanol–water partition coefficient (Wildman–Crippen LogP) is 1.84. The van der Waals surface area contributed by atoms with Crippen LogP contribution in [0.3, 0.4) is 0 Å². The molecule has 1 aliphatic rings. The Hall–Kier alpha value is -1.20. The summed E-state index contributed by atoms with van der Waals surface area (Å²) in [5.74, 6) is 0.630. The van der Waals surface area contributed by atoms with Crippen LogP contribution in [0.1, 0.15) is 38.3 Å². The van der Waals surface area contributed by atoms with Crippen molar-refractivity contribution in [3.05, 3.63) is 18.1 Å². The second-order valence-corrected chi connectivity index (χ2v) is 5.44. The third kappa shape index (κ3) is 4.72. The average Bonchev–Trinajstić information content (AvgIpc) is 2.87. The summed E-state index contributed by atoms with van der Waals surface area (Å²) in [5, 5.41) is 3.31. The molecule has 5 nitrogen and oxygen atoms in total. The van der Waals surface area contributed by atoms with E-state index in [0.29, 0.717) is 11.9 Å². The van der Waals surface area contributed by atoms with E-state index < -0.39 is 0 Å². The molecule has 1 atom stereocenters. The zero-order valence-corrected chi connectivity index (χ0v) is 12.6. The lowest BCUT2D eigenvalue weighted by Gasteiger charge is -2.18. The van der Waals surface area contributed by atoms with Crippen LogP contribution in [0.15, 0.2) is 12.4 Å². The third-order valence-electron chi connectivity index (χ3n) is 3.79. The molecule has 0 aliphatic carbocycles. The van der Waals surface area contributed by atoms with Crippen LogP contribution >= 0.6 is 0 Å². The Bertz CT molecular complexity index is 382. The van der Waals surface area contributed by atoms with Crippen molar-refractivity contribution in [2.45, 2.75) is 45.2 Å². The van der Waals surface area contributed by atoms with Crippen molar-refractivity contribution < 1.29 is 4.74 Å². The molecule has 1 N–H and O–H groups in total. The van der Waals surface area contributed by atoms with Gasteiger partial charge in [0.1, 0.15) is 0 Å². The molecule has 0 spiro atoms. The standard InChI is InChI=1S/C15H26N4O/c1-3-7-16-10-13-11-18-15(12-17-13)20-9-6-14-5-4-8-19(14)2/h11-12,14,16H,3-10H2,1-2H3. The van der Waals surface area contributed by atoms with E-state index in [4.69, 9.17) is 4.74 Å². The highest BCUT2D eigenvalue weighted by Crippen LogP contribution is 2.18. The number of ether oxygens (including phenoxy) is 1. The van der Waals surface area contributed by atoms with Gasteiger partial charge in [0.25, 0.3) is 0 Å². The highest BCUT2D eigenvalue weighted by Gasteiger charge is 2.20. The summed E-state index contributed by atoms with van der Waals surface area (Å²) in [6.45, 7) is 5.86. The maximum absolute atomic E-state index is 5.68. The van der Waals surface area contributed by atoms with Crippen LogP contribution in [-0.4, -0.2) is 47.7 Å². The Balaban J connectivity index is 1.68. The number of nitrogens with one attached hydrogen (secondary N) is 1. The summed E-state index contributed by atoms with van der Waals surface area (Å²) < 4.78 is 5.68. The molecule has 0 bridgehead atoms. The lowest BCUT2D eigenvalue weighted by atomic mass is 10.1. The molecule has 1 aromatic heterocycles. The third-order valence-corrected chi connectivity index (χ3v) is 3.79. The van der Waals surface area contributed by atoms with Gasteiger partial charge in [0.15, 0.2) is 0 Å². The smallest absolute Gasteiger partial charge is 0.232 e. The fraction of sp³-hybridized carbons (Fsp3) is 0.733. The van der Waals surface area contributed by atoms with Crippen molar-refractivity contribution in [1.82, 2.24) is 20.2 Å². The van der Waals surface area contributed by atoms with Gasteiger partial charge >= 0.3 is 0 Å². The molecule has 1 saturated heterocycles. The molecule has 1 aromatic rings. The van der Waals surface area contributed by atoms with Gasteiger partial charge in [0.2, 0.25) is 5.88 Å². The topological polar surface area (TPSA) is 50.3 Å². The van der Waals surface area contributed by atoms with Gasteiger partial charge in [-0.05, 0) is 45.8 Å². The molecule has 0 saturated carbocycles. The Morgan fingerprint density at radius 1 is 1.40 bits per heavy atom. The molecule has 0 radical (unpaired) electrons. The van der Waals surface area contributed by atoms with Crippen molar-refractivity contribution in [3.63, 3.8) is 0 Å². The van der Waals surface area contributed by atoms with Crippen molar-refractivity contribution >= 4 is 0 Å². The molecule has 0 amide bonds. The highest BCUT2D eigenvalue weighted by molar-refractivity contribution is 5.07. The lowest BCUT2D eigenvalue weighted by Crippen LogP contribution is -2.26. The number of likely N-dealkylation sites (tertiary alicyclic amines) is 1. The SMILES string of the molecule is CCCNCc1cnc(OCCC2CCCN2C)cn1. The Morgan fingerprint density at radius 2 is 2.30 bits per heavy atom. The lowest BCUT2D eigenvalue weighted by molar-refractivity contribution is 0.228. The minimum absolute atomic E-state index is 0.630. The largest absolute Gasteiger partial charge is 0.477 e. The fourth-order valence-electron chi connectivity index (χ4n) is 2.55.